The summed E-state index contributed by atoms with van der Waals surface area (Å²) in [5.74, 6) is -0.313. The summed E-state index contributed by atoms with van der Waals surface area (Å²) in [7, 11) is 1.80. The molecule has 0 aliphatic heterocycles. The molecule has 0 unspecified atom stereocenters. The highest BCUT2D eigenvalue weighted by Gasteiger charge is 2.23. The van der Waals surface area contributed by atoms with E-state index < -0.39 is 0 Å². The molecule has 2 heterocycles. The van der Waals surface area contributed by atoms with Crippen LogP contribution in [0.4, 0.5) is 4.39 Å². The normalized spacial score (nSPS) is 12.6. The predicted octanol–water partition coefficient (Wildman–Crippen LogP) is 3.72. The lowest BCUT2D eigenvalue weighted by Crippen LogP contribution is -2.31. The van der Waals surface area contributed by atoms with Gasteiger partial charge in [-0.2, -0.15) is 5.10 Å². The van der Waals surface area contributed by atoms with E-state index in [9.17, 15) is 9.18 Å². The summed E-state index contributed by atoms with van der Waals surface area (Å²) in [6.45, 7) is 7.79. The summed E-state index contributed by atoms with van der Waals surface area (Å²) >= 11 is 0. The number of benzene rings is 1. The molecule has 3 rings (SSSR count). The third kappa shape index (κ3) is 3.04. The molecule has 0 bridgehead atoms. The third-order valence-corrected chi connectivity index (χ3v) is 4.99. The lowest BCUT2D eigenvalue weighted by Gasteiger charge is -2.25. The van der Waals surface area contributed by atoms with Crippen LogP contribution < -0.4 is 0 Å². The predicted molar refractivity (Wildman–Crippen MR) is 95.9 cm³/mol. The van der Waals surface area contributed by atoms with Crippen molar-refractivity contribution < 1.29 is 9.18 Å². The molecule has 0 aliphatic rings. The van der Waals surface area contributed by atoms with Gasteiger partial charge in [-0.3, -0.25) is 9.89 Å². The van der Waals surface area contributed by atoms with Crippen molar-refractivity contribution in [2.75, 3.05) is 7.05 Å². The number of aryl methyl sites for hydroxylation is 3. The quantitative estimate of drug-likeness (QED) is 0.759. The highest BCUT2D eigenvalue weighted by molar-refractivity contribution is 5.90. The number of likely N-dealkylation sites (N-methyl/N-ethyl adjacent to an activating group) is 1. The Hall–Kier alpha value is -2.63. The average Bonchev–Trinajstić information content (AvgIpc) is 3.06. The number of carbonyl (C=O) groups excluding carboxylic acids is 1. The minimum Gasteiger partial charge on any atom is -0.358 e. The average molecular weight is 342 g/mol. The molecular formula is C19H23FN4O. The number of fused-ring (bicyclic) bond motifs is 1. The molecule has 5 nitrogen and oxygen atoms in total. The summed E-state index contributed by atoms with van der Waals surface area (Å²) in [6, 6.07) is 4.52. The maximum absolute atomic E-state index is 13.6. The molecule has 25 heavy (non-hydrogen) atoms. The Bertz CT molecular complexity index is 921. The van der Waals surface area contributed by atoms with Crippen LogP contribution in [0.3, 0.4) is 0 Å². The van der Waals surface area contributed by atoms with Gasteiger partial charge in [0.15, 0.2) is 0 Å². The first-order valence-corrected chi connectivity index (χ1v) is 8.33. The first kappa shape index (κ1) is 17.2. The van der Waals surface area contributed by atoms with Crippen molar-refractivity contribution >= 4 is 16.8 Å². The van der Waals surface area contributed by atoms with E-state index in [0.29, 0.717) is 0 Å². The summed E-state index contributed by atoms with van der Waals surface area (Å²) in [4.78, 5) is 17.8. The van der Waals surface area contributed by atoms with Gasteiger partial charge in [0.2, 0.25) is 5.91 Å². The number of aromatic nitrogens is 3. The minimum atomic E-state index is -0.299. The molecule has 0 radical (unpaired) electrons. The van der Waals surface area contributed by atoms with E-state index in [1.54, 1.807) is 18.0 Å². The molecule has 2 aromatic heterocycles. The molecule has 1 atom stereocenters. The van der Waals surface area contributed by atoms with Crippen LogP contribution in [0.25, 0.3) is 10.9 Å². The highest BCUT2D eigenvalue weighted by atomic mass is 19.1. The van der Waals surface area contributed by atoms with Gasteiger partial charge in [-0.15, -0.1) is 0 Å². The number of rotatable bonds is 4. The molecule has 0 fully saturated rings. The number of aromatic amines is 2. The molecular weight excluding hydrogens is 319 g/mol. The Morgan fingerprint density at radius 3 is 2.64 bits per heavy atom. The largest absolute Gasteiger partial charge is 0.358 e. The van der Waals surface area contributed by atoms with Gasteiger partial charge in [-0.25, -0.2) is 4.39 Å². The number of hydrogen-bond acceptors (Lipinski definition) is 2. The van der Waals surface area contributed by atoms with Crippen LogP contribution in [0, 0.1) is 26.6 Å². The smallest absolute Gasteiger partial charge is 0.227 e. The van der Waals surface area contributed by atoms with Crippen LogP contribution in [0.1, 0.15) is 41.2 Å². The van der Waals surface area contributed by atoms with Crippen LogP contribution >= 0.6 is 0 Å². The second kappa shape index (κ2) is 6.35. The van der Waals surface area contributed by atoms with Gasteiger partial charge in [0.1, 0.15) is 5.82 Å². The number of nitrogens with zero attached hydrogens (tertiary/aromatic N) is 2. The van der Waals surface area contributed by atoms with Crippen LogP contribution in [0.15, 0.2) is 18.2 Å². The van der Waals surface area contributed by atoms with Crippen LogP contribution in [0.5, 0.6) is 0 Å². The molecule has 2 N–H and O–H groups in total. The van der Waals surface area contributed by atoms with E-state index in [-0.39, 0.29) is 24.2 Å². The van der Waals surface area contributed by atoms with E-state index in [0.717, 1.165) is 39.1 Å². The summed E-state index contributed by atoms with van der Waals surface area (Å²) < 4.78 is 13.6. The van der Waals surface area contributed by atoms with Gasteiger partial charge in [0.05, 0.1) is 18.2 Å². The van der Waals surface area contributed by atoms with Crippen molar-refractivity contribution in [2.45, 2.75) is 40.2 Å². The minimum absolute atomic E-state index is 0.0132. The topological polar surface area (TPSA) is 64.8 Å². The molecule has 1 aromatic carbocycles. The summed E-state index contributed by atoms with van der Waals surface area (Å²) in [6.07, 6.45) is 0.228. The lowest BCUT2D eigenvalue weighted by atomic mass is 10.0. The standard InChI is InChI=1S/C19H23FN4O/c1-10-15(16-8-14(20)6-7-17(16)21-10)9-18(25)24(5)13(4)19-11(2)22-23-12(19)3/h6-8,13,21H,9H2,1-5H3,(H,22,23)/t13-/m1/s1. The molecule has 6 heteroatoms. The zero-order valence-corrected chi connectivity index (χ0v) is 15.2. The van der Waals surface area contributed by atoms with Crippen LogP contribution in [-0.4, -0.2) is 33.0 Å². The summed E-state index contributed by atoms with van der Waals surface area (Å²) in [5, 5.41) is 7.94. The lowest BCUT2D eigenvalue weighted by molar-refractivity contribution is -0.131. The number of amides is 1. The molecule has 1 amide bonds. The number of nitrogens with one attached hydrogen (secondary N) is 2. The van der Waals surface area contributed by atoms with Crippen molar-refractivity contribution in [2.24, 2.45) is 0 Å². The molecule has 0 spiro atoms. The molecule has 132 valence electrons. The van der Waals surface area contributed by atoms with Crippen LogP contribution in [0.2, 0.25) is 0 Å². The van der Waals surface area contributed by atoms with E-state index in [1.807, 2.05) is 27.7 Å². The van der Waals surface area contributed by atoms with Gasteiger partial charge < -0.3 is 9.88 Å². The first-order chi connectivity index (χ1) is 11.8. The monoisotopic (exact) mass is 342 g/mol. The fourth-order valence-corrected chi connectivity index (χ4v) is 3.44. The Labute approximate surface area is 146 Å². The van der Waals surface area contributed by atoms with E-state index >= 15 is 0 Å². The Morgan fingerprint density at radius 2 is 2.00 bits per heavy atom. The van der Waals surface area contributed by atoms with Crippen molar-refractivity contribution in [3.63, 3.8) is 0 Å². The Morgan fingerprint density at radius 1 is 1.28 bits per heavy atom. The van der Waals surface area contributed by atoms with E-state index in [2.05, 4.69) is 15.2 Å². The number of carbonyl (C=O) groups is 1. The molecule has 3 aromatic rings. The second-order valence-corrected chi connectivity index (χ2v) is 6.62. The Kier molecular flexibility index (Phi) is 4.37. The second-order valence-electron chi connectivity index (χ2n) is 6.62. The van der Waals surface area contributed by atoms with Gasteiger partial charge in [-0.05, 0) is 51.5 Å². The fraction of sp³-hybridized carbons (Fsp3) is 0.368. The number of halogens is 1. The first-order valence-electron chi connectivity index (χ1n) is 8.33. The van der Waals surface area contributed by atoms with Gasteiger partial charge >= 0.3 is 0 Å². The molecule has 0 saturated carbocycles. The van der Waals surface area contributed by atoms with Crippen LogP contribution in [-0.2, 0) is 11.2 Å². The maximum Gasteiger partial charge on any atom is 0.227 e. The van der Waals surface area contributed by atoms with E-state index in [1.165, 1.54) is 12.1 Å². The van der Waals surface area contributed by atoms with Crippen molar-refractivity contribution in [1.29, 1.82) is 0 Å². The van der Waals surface area contributed by atoms with E-state index in [4.69, 9.17) is 0 Å². The van der Waals surface area contributed by atoms with Gasteiger partial charge in [0.25, 0.3) is 0 Å². The molecule has 0 saturated heterocycles. The van der Waals surface area contributed by atoms with Crippen molar-refractivity contribution in [3.05, 3.63) is 52.2 Å². The zero-order valence-electron chi connectivity index (χ0n) is 15.2. The van der Waals surface area contributed by atoms with Gasteiger partial charge in [0, 0.05) is 34.9 Å². The summed E-state index contributed by atoms with van der Waals surface area (Å²) in [5.41, 5.74) is 5.49. The highest BCUT2D eigenvalue weighted by Crippen LogP contribution is 2.27. The number of hydrogen-bond donors (Lipinski definition) is 2. The SMILES string of the molecule is Cc1n[nH]c(C)c1[C@@H](C)N(C)C(=O)Cc1c(C)[nH]c2ccc(F)cc12. The number of H-pyrrole nitrogens is 2. The maximum atomic E-state index is 13.6. The van der Waals surface area contributed by atoms with Crippen molar-refractivity contribution in [1.82, 2.24) is 20.1 Å². The molecule has 0 aliphatic carbocycles. The third-order valence-electron chi connectivity index (χ3n) is 4.99. The fourth-order valence-electron chi connectivity index (χ4n) is 3.44. The van der Waals surface area contributed by atoms with Gasteiger partial charge in [-0.1, -0.05) is 0 Å². The zero-order chi connectivity index (χ0) is 18.3. The van der Waals surface area contributed by atoms with Crippen molar-refractivity contribution in [3.8, 4) is 0 Å². The Balaban J connectivity index is 1.87.